The first-order valence-electron chi connectivity index (χ1n) is 5.85. The zero-order valence-electron chi connectivity index (χ0n) is 10.1. The normalized spacial score (nSPS) is 10.3. The monoisotopic (exact) mass is 245 g/mol. The second-order valence-electron chi connectivity index (χ2n) is 3.90. The Morgan fingerprint density at radius 2 is 2.11 bits per heavy atom. The van der Waals surface area contributed by atoms with Crippen molar-refractivity contribution in [3.63, 3.8) is 0 Å². The van der Waals surface area contributed by atoms with Crippen LogP contribution in [0.2, 0.25) is 0 Å². The summed E-state index contributed by atoms with van der Waals surface area (Å²) in [5.41, 5.74) is 1.43. The molecule has 0 spiro atoms. The van der Waals surface area contributed by atoms with Gasteiger partial charge >= 0.3 is 6.03 Å². The van der Waals surface area contributed by atoms with E-state index < -0.39 is 6.03 Å². The minimum absolute atomic E-state index is 0.164. The molecule has 1 heterocycles. The highest BCUT2D eigenvalue weighted by molar-refractivity contribution is 5.78. The van der Waals surface area contributed by atoms with Crippen LogP contribution in [0.3, 0.4) is 0 Å². The standard InChI is InChI=1S/C13H15N3O2/c1-2-8-14-13(18)16-12(17)9-11(15-16)10-6-4-3-5-7-10/h3-7,9,17H,2,8H2,1H3,(H,14,18). The average molecular weight is 245 g/mol. The van der Waals surface area contributed by atoms with Crippen molar-refractivity contribution in [2.75, 3.05) is 6.54 Å². The summed E-state index contributed by atoms with van der Waals surface area (Å²) in [5, 5.41) is 16.4. The fourth-order valence-electron chi connectivity index (χ4n) is 1.58. The summed E-state index contributed by atoms with van der Waals surface area (Å²) in [5.74, 6) is -0.164. The van der Waals surface area contributed by atoms with Gasteiger partial charge in [0.2, 0.25) is 5.88 Å². The molecule has 0 aliphatic heterocycles. The zero-order chi connectivity index (χ0) is 13.0. The highest BCUT2D eigenvalue weighted by Crippen LogP contribution is 2.21. The minimum Gasteiger partial charge on any atom is -0.493 e. The van der Waals surface area contributed by atoms with E-state index in [9.17, 15) is 9.90 Å². The van der Waals surface area contributed by atoms with Gasteiger partial charge in [-0.25, -0.2) is 4.79 Å². The van der Waals surface area contributed by atoms with Crippen LogP contribution in [0.15, 0.2) is 36.4 Å². The molecule has 1 amide bonds. The summed E-state index contributed by atoms with van der Waals surface area (Å²) in [4.78, 5) is 11.7. The van der Waals surface area contributed by atoms with Crippen molar-refractivity contribution in [2.24, 2.45) is 0 Å². The van der Waals surface area contributed by atoms with Crippen LogP contribution in [0.25, 0.3) is 11.3 Å². The first-order chi connectivity index (χ1) is 8.72. The van der Waals surface area contributed by atoms with Crippen molar-refractivity contribution in [2.45, 2.75) is 13.3 Å². The molecular formula is C13H15N3O2. The maximum atomic E-state index is 11.7. The quantitative estimate of drug-likeness (QED) is 0.871. The number of rotatable bonds is 3. The Hall–Kier alpha value is -2.30. The summed E-state index contributed by atoms with van der Waals surface area (Å²) >= 11 is 0. The summed E-state index contributed by atoms with van der Waals surface area (Å²) < 4.78 is 0.970. The molecule has 2 rings (SSSR count). The van der Waals surface area contributed by atoms with Crippen LogP contribution in [0, 0.1) is 0 Å². The maximum Gasteiger partial charge on any atom is 0.345 e. The first-order valence-corrected chi connectivity index (χ1v) is 5.85. The molecule has 0 aliphatic rings. The molecule has 5 heteroatoms. The number of aromatic nitrogens is 2. The summed E-state index contributed by atoms with van der Waals surface area (Å²) in [7, 11) is 0. The largest absolute Gasteiger partial charge is 0.493 e. The number of nitrogens with zero attached hydrogens (tertiary/aromatic N) is 2. The van der Waals surface area contributed by atoms with Crippen molar-refractivity contribution in [1.82, 2.24) is 15.1 Å². The smallest absolute Gasteiger partial charge is 0.345 e. The molecule has 0 saturated carbocycles. The molecule has 0 aliphatic carbocycles. The third-order valence-corrected chi connectivity index (χ3v) is 2.48. The highest BCUT2D eigenvalue weighted by Gasteiger charge is 2.13. The van der Waals surface area contributed by atoms with E-state index in [-0.39, 0.29) is 5.88 Å². The lowest BCUT2D eigenvalue weighted by Crippen LogP contribution is -2.29. The van der Waals surface area contributed by atoms with Gasteiger partial charge in [0.1, 0.15) is 0 Å². The van der Waals surface area contributed by atoms with E-state index in [1.165, 1.54) is 6.07 Å². The molecule has 1 aromatic heterocycles. The predicted octanol–water partition coefficient (Wildman–Crippen LogP) is 2.22. The maximum absolute atomic E-state index is 11.7. The first kappa shape index (κ1) is 12.2. The van der Waals surface area contributed by atoms with E-state index in [0.717, 1.165) is 16.7 Å². The number of carbonyl (C=O) groups excluding carboxylic acids is 1. The third-order valence-electron chi connectivity index (χ3n) is 2.48. The SMILES string of the molecule is CCCNC(=O)n1nc(-c2ccccc2)cc1O. The van der Waals surface area contributed by atoms with Gasteiger partial charge in [0.05, 0.1) is 5.69 Å². The van der Waals surface area contributed by atoms with Crippen molar-refractivity contribution in [1.29, 1.82) is 0 Å². The van der Waals surface area contributed by atoms with Gasteiger partial charge in [-0.05, 0) is 6.42 Å². The Labute approximate surface area is 105 Å². The van der Waals surface area contributed by atoms with E-state index in [0.29, 0.717) is 12.2 Å². The molecule has 0 radical (unpaired) electrons. The van der Waals surface area contributed by atoms with Crippen molar-refractivity contribution >= 4 is 6.03 Å². The van der Waals surface area contributed by atoms with Gasteiger partial charge in [0.15, 0.2) is 0 Å². The molecule has 0 atom stereocenters. The highest BCUT2D eigenvalue weighted by atomic mass is 16.3. The summed E-state index contributed by atoms with van der Waals surface area (Å²) in [6.45, 7) is 2.51. The van der Waals surface area contributed by atoms with E-state index >= 15 is 0 Å². The average Bonchev–Trinajstić information content (AvgIpc) is 2.79. The molecule has 5 nitrogen and oxygen atoms in total. The van der Waals surface area contributed by atoms with E-state index in [2.05, 4.69) is 10.4 Å². The van der Waals surface area contributed by atoms with E-state index in [1.807, 2.05) is 37.3 Å². The zero-order valence-corrected chi connectivity index (χ0v) is 10.1. The molecular weight excluding hydrogens is 230 g/mol. The lowest BCUT2D eigenvalue weighted by molar-refractivity contribution is 0.236. The third kappa shape index (κ3) is 2.51. The fraction of sp³-hybridized carbons (Fsp3) is 0.231. The molecule has 94 valence electrons. The molecule has 2 aromatic rings. The molecule has 0 bridgehead atoms. The van der Waals surface area contributed by atoms with Crippen LogP contribution in [0.4, 0.5) is 4.79 Å². The van der Waals surface area contributed by atoms with Crippen LogP contribution in [-0.2, 0) is 0 Å². The number of carbonyl (C=O) groups is 1. The van der Waals surface area contributed by atoms with Crippen LogP contribution >= 0.6 is 0 Å². The minimum atomic E-state index is -0.420. The number of aromatic hydroxyl groups is 1. The van der Waals surface area contributed by atoms with Crippen LogP contribution in [0.1, 0.15) is 13.3 Å². The van der Waals surface area contributed by atoms with Gasteiger partial charge < -0.3 is 10.4 Å². The van der Waals surface area contributed by atoms with Crippen molar-refractivity contribution in [3.8, 4) is 17.1 Å². The second-order valence-corrected chi connectivity index (χ2v) is 3.90. The second kappa shape index (κ2) is 5.35. The lowest BCUT2D eigenvalue weighted by atomic mass is 10.2. The number of benzene rings is 1. The molecule has 0 unspecified atom stereocenters. The molecule has 0 fully saturated rings. The van der Waals surface area contributed by atoms with Gasteiger partial charge in [-0.1, -0.05) is 37.3 Å². The number of hydrogen-bond acceptors (Lipinski definition) is 3. The number of nitrogens with one attached hydrogen (secondary N) is 1. The molecule has 0 saturated heterocycles. The number of amides is 1. The Bertz CT molecular complexity index is 534. The van der Waals surface area contributed by atoms with Gasteiger partial charge in [0.25, 0.3) is 0 Å². The van der Waals surface area contributed by atoms with Crippen molar-refractivity contribution in [3.05, 3.63) is 36.4 Å². The van der Waals surface area contributed by atoms with Gasteiger partial charge in [-0.15, -0.1) is 4.68 Å². The Morgan fingerprint density at radius 3 is 2.78 bits per heavy atom. The molecule has 18 heavy (non-hydrogen) atoms. The van der Waals surface area contributed by atoms with Gasteiger partial charge in [-0.3, -0.25) is 0 Å². The van der Waals surface area contributed by atoms with E-state index in [4.69, 9.17) is 0 Å². The van der Waals surface area contributed by atoms with E-state index in [1.54, 1.807) is 0 Å². The van der Waals surface area contributed by atoms with Gasteiger partial charge in [-0.2, -0.15) is 5.10 Å². The number of hydrogen-bond donors (Lipinski definition) is 2. The van der Waals surface area contributed by atoms with Crippen LogP contribution < -0.4 is 5.32 Å². The van der Waals surface area contributed by atoms with Crippen LogP contribution in [-0.4, -0.2) is 27.5 Å². The van der Waals surface area contributed by atoms with Crippen LogP contribution in [0.5, 0.6) is 5.88 Å². The predicted molar refractivity (Wildman–Crippen MR) is 68.4 cm³/mol. The Morgan fingerprint density at radius 1 is 1.39 bits per heavy atom. The van der Waals surface area contributed by atoms with Crippen molar-refractivity contribution < 1.29 is 9.90 Å². The fourth-order valence-corrected chi connectivity index (χ4v) is 1.58. The summed E-state index contributed by atoms with van der Waals surface area (Å²) in [6, 6.07) is 10.4. The topological polar surface area (TPSA) is 67.2 Å². The Balaban J connectivity index is 2.25. The molecule has 2 N–H and O–H groups in total. The summed E-state index contributed by atoms with van der Waals surface area (Å²) in [6.07, 6.45) is 0.833. The molecule has 1 aromatic carbocycles. The lowest BCUT2D eigenvalue weighted by Gasteiger charge is -2.03. The van der Waals surface area contributed by atoms with Gasteiger partial charge in [0, 0.05) is 18.2 Å². The Kier molecular flexibility index (Phi) is 3.62.